The van der Waals surface area contributed by atoms with Crippen molar-refractivity contribution in [2.75, 3.05) is 103 Å². The Balaban J connectivity index is 0.000000593. The summed E-state index contributed by atoms with van der Waals surface area (Å²) in [6, 6.07) is 22.7. The number of benzene rings is 4. The highest BCUT2D eigenvalue weighted by atomic mass is 79.9. The van der Waals surface area contributed by atoms with Crippen LogP contribution >= 0.6 is 31.9 Å². The topological polar surface area (TPSA) is 526 Å². The van der Waals surface area contributed by atoms with Crippen molar-refractivity contribution in [2.24, 2.45) is 0 Å². The van der Waals surface area contributed by atoms with Gasteiger partial charge in [0.2, 0.25) is 0 Å². The van der Waals surface area contributed by atoms with E-state index in [2.05, 4.69) is 51.0 Å². The number of nitrogens with zero attached hydrogens (tertiary/aromatic N) is 2. The molecule has 0 heterocycles. The number of halogens is 2. The van der Waals surface area contributed by atoms with Crippen molar-refractivity contribution in [3.05, 3.63) is 140 Å². The van der Waals surface area contributed by atoms with E-state index in [1.807, 2.05) is 0 Å². The van der Waals surface area contributed by atoms with Crippen LogP contribution in [0.5, 0.6) is 23.0 Å². The number of carbonyl (C=O) groups excluding carboxylic acids is 16. The summed E-state index contributed by atoms with van der Waals surface area (Å²) >= 11 is 6.63. The van der Waals surface area contributed by atoms with Gasteiger partial charge in [-0.2, -0.15) is 0 Å². The fourth-order valence-electron chi connectivity index (χ4n) is 8.37. The Morgan fingerprint density at radius 3 is 0.667 bits per heavy atom. The van der Waals surface area contributed by atoms with Crippen molar-refractivity contribution in [3.63, 3.8) is 0 Å². The average molecular weight is 1740 g/mol. The van der Waals surface area contributed by atoms with Crippen LogP contribution in [0.4, 0.5) is 0 Å². The molecule has 0 aliphatic rings. The second kappa shape index (κ2) is 57.8. The number of rotatable bonds is 54. The van der Waals surface area contributed by atoms with E-state index < -0.39 is 185 Å². The third-order valence-corrected chi connectivity index (χ3v) is 14.8. The van der Waals surface area contributed by atoms with E-state index in [-0.39, 0.29) is 84.1 Å². The van der Waals surface area contributed by atoms with Gasteiger partial charge in [0.25, 0.3) is 10.2 Å². The first-order chi connectivity index (χ1) is 54.8. The average Bonchev–Trinajstić information content (AvgIpc) is 0.874. The first kappa shape index (κ1) is 96.0. The Morgan fingerprint density at radius 2 is 0.447 bits per heavy atom. The summed E-state index contributed by atoms with van der Waals surface area (Å²) in [7, 11) is 0. The lowest BCUT2D eigenvalue weighted by Gasteiger charge is -2.10. The first-order valence-corrected chi connectivity index (χ1v) is 36.8. The van der Waals surface area contributed by atoms with Gasteiger partial charge in [-0.25, -0.2) is 57.5 Å². The van der Waals surface area contributed by atoms with Gasteiger partial charge in [0.05, 0.1) is 13.2 Å². The van der Waals surface area contributed by atoms with Crippen LogP contribution in [0.15, 0.2) is 97.1 Å². The molecule has 40 nitrogen and oxygen atoms in total. The minimum Gasteiger partial charge on any atom is -0.460 e. The second-order valence-electron chi connectivity index (χ2n) is 22.4. The number of unbranched alkanes of at least 4 members (excludes halogenated alkanes) is 8. The number of ether oxygens (including phenoxy) is 16. The molecule has 4 aromatic rings. The van der Waals surface area contributed by atoms with Crippen LogP contribution in [0.25, 0.3) is 0 Å². The van der Waals surface area contributed by atoms with Crippen LogP contribution in [0.1, 0.15) is 144 Å². The monoisotopic (exact) mass is 1740 g/mol. The molecule has 0 saturated carbocycles. The summed E-state index contributed by atoms with van der Waals surface area (Å²) < 4.78 is 78.3. The van der Waals surface area contributed by atoms with Gasteiger partial charge in [-0.15, -0.1) is 20.2 Å². The van der Waals surface area contributed by atoms with Crippen LogP contribution in [0.2, 0.25) is 0 Å². The van der Waals surface area contributed by atoms with Gasteiger partial charge in [-0.05, 0) is 99.9 Å². The SMILES string of the molecule is O=C(COC(=O)COC(=O)c1ccccc1OC(=O)CCCCCBr)OCCOC(=O)COC(=O)COC(=O)c1ccccc1OC(=O)CCCCCBr.O=C(COC(=O)COC(=O)c1ccccc1OC(=O)CCCCCO[N+](=O)[O-])OCCOC(=O)COC(=O)COC(=O)c1ccccc1OC(=O)CCCCCO[N+](=O)[O-]. The van der Waals surface area contributed by atoms with E-state index in [9.17, 15) is 96.9 Å². The zero-order valence-corrected chi connectivity index (χ0v) is 64.2. The number of hydrogen-bond acceptors (Lipinski definition) is 38. The molecule has 42 heteroatoms. The van der Waals surface area contributed by atoms with Gasteiger partial charge in [-0.3, -0.25) is 19.2 Å². The Morgan fingerprint density at radius 1 is 0.246 bits per heavy atom. The molecular formula is C72H80Br2N2O38. The van der Waals surface area contributed by atoms with Crippen LogP contribution < -0.4 is 18.9 Å². The number of carbonyl (C=O) groups is 16. The second-order valence-corrected chi connectivity index (χ2v) is 24.0. The fourth-order valence-corrected chi connectivity index (χ4v) is 9.16. The van der Waals surface area contributed by atoms with Gasteiger partial charge in [0.15, 0.2) is 52.9 Å². The van der Waals surface area contributed by atoms with E-state index >= 15 is 0 Å². The Hall–Kier alpha value is -12.2. The summed E-state index contributed by atoms with van der Waals surface area (Å²) in [5, 5.41) is 20.1. The minimum atomic E-state index is -1.13. The molecule has 0 atom stereocenters. The molecule has 0 fully saturated rings. The molecule has 0 aliphatic carbocycles. The minimum absolute atomic E-state index is 0.0316. The number of hydrogen-bond donors (Lipinski definition) is 0. The smallest absolute Gasteiger partial charge is 0.344 e. The summed E-state index contributed by atoms with van der Waals surface area (Å²) in [4.78, 5) is 223. The molecule has 0 N–H and O–H groups in total. The number of para-hydroxylation sites is 4. The third kappa shape index (κ3) is 44.6. The molecule has 620 valence electrons. The molecular weight excluding hydrogens is 1660 g/mol. The molecule has 0 aromatic heterocycles. The molecule has 0 unspecified atom stereocenters. The molecule has 4 aromatic carbocycles. The zero-order valence-electron chi connectivity index (χ0n) is 61.0. The van der Waals surface area contributed by atoms with E-state index in [0.29, 0.717) is 51.4 Å². The highest BCUT2D eigenvalue weighted by Crippen LogP contribution is 2.25. The number of esters is 16. The molecule has 0 aliphatic heterocycles. The molecule has 0 amide bonds. The van der Waals surface area contributed by atoms with Gasteiger partial charge in [-0.1, -0.05) is 106 Å². The maximum absolute atomic E-state index is 12.5. The maximum Gasteiger partial charge on any atom is 0.344 e. The van der Waals surface area contributed by atoms with Crippen LogP contribution in [-0.2, 0) is 124 Å². The van der Waals surface area contributed by atoms with Crippen molar-refractivity contribution >= 4 is 127 Å². The first-order valence-electron chi connectivity index (χ1n) is 34.6. The summed E-state index contributed by atoms with van der Waals surface area (Å²) in [6.45, 7) is -9.09. The highest BCUT2D eigenvalue weighted by molar-refractivity contribution is 9.09. The van der Waals surface area contributed by atoms with Crippen LogP contribution in [0.3, 0.4) is 0 Å². The molecule has 4 rings (SSSR count). The predicted molar refractivity (Wildman–Crippen MR) is 384 cm³/mol. The Labute approximate surface area is 665 Å². The summed E-state index contributed by atoms with van der Waals surface area (Å²) in [5.41, 5.74) is -0.542. The molecule has 0 radical (unpaired) electrons. The van der Waals surface area contributed by atoms with E-state index in [1.165, 1.54) is 84.9 Å². The lowest BCUT2D eigenvalue weighted by atomic mass is 10.2. The summed E-state index contributed by atoms with van der Waals surface area (Å²) in [6.07, 6.45) is 7.20. The third-order valence-electron chi connectivity index (χ3n) is 13.7. The fraction of sp³-hybridized carbons (Fsp3) is 0.444. The lowest BCUT2D eigenvalue weighted by Crippen LogP contribution is -2.24. The van der Waals surface area contributed by atoms with Gasteiger partial charge >= 0.3 is 95.5 Å². The van der Waals surface area contributed by atoms with Gasteiger partial charge < -0.3 is 85.5 Å². The maximum atomic E-state index is 12.5. The predicted octanol–water partition coefficient (Wildman–Crippen LogP) is 6.82. The van der Waals surface area contributed by atoms with Crippen molar-refractivity contribution in [1.82, 2.24) is 0 Å². The van der Waals surface area contributed by atoms with Gasteiger partial charge in [0, 0.05) is 36.3 Å². The van der Waals surface area contributed by atoms with E-state index in [4.69, 9.17) is 66.3 Å². The zero-order chi connectivity index (χ0) is 83.7. The summed E-state index contributed by atoms with van der Waals surface area (Å²) in [5.74, 6) is -15.3. The van der Waals surface area contributed by atoms with Crippen molar-refractivity contribution in [3.8, 4) is 23.0 Å². The van der Waals surface area contributed by atoms with E-state index in [0.717, 1.165) is 36.3 Å². The molecule has 0 bridgehead atoms. The quantitative estimate of drug-likeness (QED) is 0.00832. The Bertz CT molecular complexity index is 3640. The van der Waals surface area contributed by atoms with Gasteiger partial charge in [0.1, 0.15) is 71.7 Å². The molecule has 0 saturated heterocycles. The standard InChI is InChI=1S/C36H40Br2O16.C36H40N2O22/c37-17-9-1-3-15-29(39)53-27-13-7-5-11-25(27)35(45)51-23-33(43)49-21-31(41)47-19-20-48-32(42)22-50-34(44)24-52-36(46)26-12-6-8-14-28(26)54-30(40)16-4-2-10-18-38;39-29(15-3-1-9-17-57-37(47)48)59-27-13-7-5-11-25(27)35(45)55-23-33(43)53-21-31(41)51-19-20-52-32(42)22-54-34(44)24-56-36(46)26-12-6-8-14-28(26)60-30(40)16-4-2-10-18-58-38(49)50/h5-8,11-14H,1-4,9-10,15-24H2;5-8,11-14H,1-4,9-10,15-24H2. The van der Waals surface area contributed by atoms with Crippen molar-refractivity contribution in [2.45, 2.75) is 103 Å². The molecule has 114 heavy (non-hydrogen) atoms. The highest BCUT2D eigenvalue weighted by Gasteiger charge is 2.25. The lowest BCUT2D eigenvalue weighted by molar-refractivity contribution is -0.757. The van der Waals surface area contributed by atoms with Crippen LogP contribution in [-0.4, -0.2) is 209 Å². The van der Waals surface area contributed by atoms with E-state index in [1.54, 1.807) is 12.1 Å². The normalized spacial score (nSPS) is 10.3. The van der Waals surface area contributed by atoms with Crippen LogP contribution in [0, 0.1) is 20.2 Å². The Kier molecular flexibility index (Phi) is 48.6. The van der Waals surface area contributed by atoms with Crippen molar-refractivity contribution in [1.29, 1.82) is 0 Å². The number of alkyl halides is 2. The molecule has 0 spiro atoms. The largest absolute Gasteiger partial charge is 0.460 e. The van der Waals surface area contributed by atoms with Crippen molar-refractivity contribution < 1.29 is 172 Å².